The topological polar surface area (TPSA) is 97.1 Å². The van der Waals surface area contributed by atoms with Gasteiger partial charge in [-0.05, 0) is 25.5 Å². The number of rotatable bonds is 5. The number of carbonyl (C=O) groups excluding carboxylic acids is 1. The first-order valence-corrected chi connectivity index (χ1v) is 8.25. The van der Waals surface area contributed by atoms with E-state index < -0.39 is 17.9 Å². The van der Waals surface area contributed by atoms with Crippen molar-refractivity contribution in [2.45, 2.75) is 26.3 Å². The van der Waals surface area contributed by atoms with Crippen LogP contribution >= 0.6 is 0 Å². The van der Waals surface area contributed by atoms with Gasteiger partial charge in [-0.3, -0.25) is 9.48 Å². The fourth-order valence-electron chi connectivity index (χ4n) is 3.03. The monoisotopic (exact) mass is 352 g/mol. The van der Waals surface area contributed by atoms with Gasteiger partial charge in [0.1, 0.15) is 6.04 Å². The molecule has 1 amide bonds. The maximum atomic E-state index is 12.8. The lowest BCUT2D eigenvalue weighted by molar-refractivity contribution is -0.139. The van der Waals surface area contributed by atoms with E-state index >= 15 is 0 Å². The summed E-state index contributed by atoms with van der Waals surface area (Å²) in [7, 11) is 1.76. The van der Waals surface area contributed by atoms with E-state index in [-0.39, 0.29) is 6.42 Å². The van der Waals surface area contributed by atoms with Crippen LogP contribution in [0.25, 0.3) is 11.0 Å². The molecule has 0 spiro atoms. The Balaban J connectivity index is 1.93. The number of fused-ring (bicyclic) bond motifs is 1. The minimum absolute atomic E-state index is 0.209. The summed E-state index contributed by atoms with van der Waals surface area (Å²) in [5.74, 6) is -1.52. The summed E-state index contributed by atoms with van der Waals surface area (Å²) in [5.41, 5.74) is 3.17. The van der Waals surface area contributed by atoms with Crippen LogP contribution in [-0.2, 0) is 18.3 Å². The van der Waals surface area contributed by atoms with Crippen LogP contribution in [0.4, 0.5) is 0 Å². The molecule has 0 aliphatic rings. The Morgan fingerprint density at radius 2 is 1.92 bits per heavy atom. The maximum Gasteiger partial charge on any atom is 0.326 e. The number of nitrogens with zero attached hydrogens (tertiary/aromatic N) is 3. The van der Waals surface area contributed by atoms with Gasteiger partial charge in [0.25, 0.3) is 5.91 Å². The zero-order valence-corrected chi connectivity index (χ0v) is 14.9. The Bertz CT molecular complexity index is 979. The molecule has 0 saturated heterocycles. The normalized spacial score (nSPS) is 12.1. The van der Waals surface area contributed by atoms with Gasteiger partial charge in [0, 0.05) is 19.2 Å². The summed E-state index contributed by atoms with van der Waals surface area (Å²) in [6, 6.07) is 9.85. The van der Waals surface area contributed by atoms with Crippen LogP contribution in [0.3, 0.4) is 0 Å². The lowest BCUT2D eigenvalue weighted by Crippen LogP contribution is -2.42. The second-order valence-corrected chi connectivity index (χ2v) is 6.27. The van der Waals surface area contributed by atoms with E-state index in [1.807, 2.05) is 30.3 Å². The largest absolute Gasteiger partial charge is 0.480 e. The van der Waals surface area contributed by atoms with Crippen molar-refractivity contribution in [3.8, 4) is 0 Å². The van der Waals surface area contributed by atoms with Crippen LogP contribution in [0.1, 0.15) is 27.3 Å². The number of carboxylic acid groups (broad SMARTS) is 1. The minimum atomic E-state index is -1.08. The number of amides is 1. The highest BCUT2D eigenvalue weighted by Crippen LogP contribution is 2.21. The van der Waals surface area contributed by atoms with Gasteiger partial charge >= 0.3 is 5.97 Å². The fraction of sp³-hybridized carbons (Fsp3) is 0.263. The van der Waals surface area contributed by atoms with Gasteiger partial charge in [0.15, 0.2) is 5.65 Å². The molecule has 0 radical (unpaired) electrons. The van der Waals surface area contributed by atoms with Gasteiger partial charge in [0.05, 0.1) is 16.6 Å². The Morgan fingerprint density at radius 3 is 2.58 bits per heavy atom. The van der Waals surface area contributed by atoms with Gasteiger partial charge in [-0.25, -0.2) is 9.78 Å². The van der Waals surface area contributed by atoms with Crippen molar-refractivity contribution >= 4 is 22.9 Å². The number of hydrogen-bond acceptors (Lipinski definition) is 4. The van der Waals surface area contributed by atoms with Crippen molar-refractivity contribution in [1.29, 1.82) is 0 Å². The minimum Gasteiger partial charge on any atom is -0.480 e. The van der Waals surface area contributed by atoms with Crippen molar-refractivity contribution in [3.05, 3.63) is 58.9 Å². The second kappa shape index (κ2) is 6.95. The molecule has 0 aliphatic carbocycles. The van der Waals surface area contributed by atoms with E-state index in [2.05, 4.69) is 15.4 Å². The number of nitrogens with one attached hydrogen (secondary N) is 1. The fourth-order valence-corrected chi connectivity index (χ4v) is 3.03. The van der Waals surface area contributed by atoms with Crippen molar-refractivity contribution in [1.82, 2.24) is 20.1 Å². The smallest absolute Gasteiger partial charge is 0.326 e. The van der Waals surface area contributed by atoms with Gasteiger partial charge in [-0.2, -0.15) is 5.10 Å². The van der Waals surface area contributed by atoms with E-state index in [1.54, 1.807) is 31.6 Å². The predicted octanol–water partition coefficient (Wildman–Crippen LogP) is 2.01. The molecule has 1 atom stereocenters. The molecule has 1 aromatic carbocycles. The third-order valence-electron chi connectivity index (χ3n) is 4.23. The third kappa shape index (κ3) is 3.42. The standard InChI is InChI=1S/C19H20N4O3/c1-11-9-14(16-12(2)22-23(3)17(16)20-11)18(24)21-15(19(25)26)10-13-7-5-4-6-8-13/h4-9,15H,10H2,1-3H3,(H,21,24)(H,25,26)/t15-/m1/s1. The number of carbonyl (C=O) groups is 2. The van der Waals surface area contributed by atoms with Crippen molar-refractivity contribution < 1.29 is 14.7 Å². The molecular formula is C19H20N4O3. The first kappa shape index (κ1) is 17.6. The van der Waals surface area contributed by atoms with E-state index in [0.29, 0.717) is 28.0 Å². The molecule has 2 N–H and O–H groups in total. The highest BCUT2D eigenvalue weighted by molar-refractivity contribution is 6.07. The van der Waals surface area contributed by atoms with E-state index in [1.165, 1.54) is 0 Å². The molecule has 2 heterocycles. The second-order valence-electron chi connectivity index (χ2n) is 6.27. The van der Waals surface area contributed by atoms with Gasteiger partial charge in [0.2, 0.25) is 0 Å². The summed E-state index contributed by atoms with van der Waals surface area (Å²) >= 11 is 0. The van der Waals surface area contributed by atoms with Crippen molar-refractivity contribution in [2.24, 2.45) is 7.05 Å². The predicted molar refractivity (Wildman–Crippen MR) is 97.0 cm³/mol. The summed E-state index contributed by atoms with van der Waals surface area (Å²) in [5, 5.41) is 17.1. The molecule has 7 heteroatoms. The zero-order chi connectivity index (χ0) is 18.8. The van der Waals surface area contributed by atoms with Gasteiger partial charge in [-0.15, -0.1) is 0 Å². The number of hydrogen-bond donors (Lipinski definition) is 2. The molecule has 0 unspecified atom stereocenters. The molecule has 7 nitrogen and oxygen atoms in total. The molecule has 3 rings (SSSR count). The summed E-state index contributed by atoms with van der Waals surface area (Å²) < 4.78 is 1.62. The number of aromatic nitrogens is 3. The summed E-state index contributed by atoms with van der Waals surface area (Å²) in [4.78, 5) is 28.9. The number of benzene rings is 1. The quantitative estimate of drug-likeness (QED) is 0.732. The molecule has 3 aromatic rings. The number of carboxylic acids is 1. The van der Waals surface area contributed by atoms with Crippen LogP contribution in [0.5, 0.6) is 0 Å². The molecule has 0 bridgehead atoms. The lowest BCUT2D eigenvalue weighted by atomic mass is 10.0. The molecule has 134 valence electrons. The average molecular weight is 352 g/mol. The molecular weight excluding hydrogens is 332 g/mol. The molecule has 0 fully saturated rings. The molecule has 0 aliphatic heterocycles. The summed E-state index contributed by atoms with van der Waals surface area (Å²) in [6.07, 6.45) is 0.209. The number of aliphatic carboxylic acids is 1. The van der Waals surface area contributed by atoms with Crippen molar-refractivity contribution in [2.75, 3.05) is 0 Å². The van der Waals surface area contributed by atoms with E-state index in [9.17, 15) is 14.7 Å². The Morgan fingerprint density at radius 1 is 1.23 bits per heavy atom. The van der Waals surface area contributed by atoms with Crippen LogP contribution in [0.2, 0.25) is 0 Å². The van der Waals surface area contributed by atoms with Crippen LogP contribution in [0.15, 0.2) is 36.4 Å². The van der Waals surface area contributed by atoms with Crippen molar-refractivity contribution in [3.63, 3.8) is 0 Å². The Kier molecular flexibility index (Phi) is 4.71. The highest BCUT2D eigenvalue weighted by Gasteiger charge is 2.24. The molecule has 0 saturated carbocycles. The average Bonchev–Trinajstić information content (AvgIpc) is 2.88. The number of pyridine rings is 1. The SMILES string of the molecule is Cc1cc(C(=O)N[C@H](Cc2ccccc2)C(=O)O)c2c(C)nn(C)c2n1. The van der Waals surface area contributed by atoms with Gasteiger partial charge in [-0.1, -0.05) is 30.3 Å². The highest BCUT2D eigenvalue weighted by atomic mass is 16.4. The van der Waals surface area contributed by atoms with Crippen LogP contribution in [0, 0.1) is 13.8 Å². The first-order valence-electron chi connectivity index (χ1n) is 8.25. The summed E-state index contributed by atoms with van der Waals surface area (Å²) in [6.45, 7) is 3.59. The number of aryl methyl sites for hydroxylation is 3. The van der Waals surface area contributed by atoms with E-state index in [4.69, 9.17) is 0 Å². The van der Waals surface area contributed by atoms with Crippen LogP contribution in [-0.4, -0.2) is 37.8 Å². The van der Waals surface area contributed by atoms with Gasteiger partial charge < -0.3 is 10.4 Å². The molecule has 26 heavy (non-hydrogen) atoms. The Hall–Kier alpha value is -3.22. The van der Waals surface area contributed by atoms with Crippen LogP contribution < -0.4 is 5.32 Å². The first-order chi connectivity index (χ1) is 12.4. The maximum absolute atomic E-state index is 12.8. The zero-order valence-electron chi connectivity index (χ0n) is 14.9. The Labute approximate surface area is 150 Å². The van der Waals surface area contributed by atoms with E-state index in [0.717, 1.165) is 5.56 Å². The third-order valence-corrected chi connectivity index (χ3v) is 4.23. The molecule has 2 aromatic heterocycles. The lowest BCUT2D eigenvalue weighted by Gasteiger charge is -2.15.